The van der Waals surface area contributed by atoms with E-state index in [1.165, 1.54) is 31.4 Å². The first kappa shape index (κ1) is 24.9. The van der Waals surface area contributed by atoms with Gasteiger partial charge in [-0.25, -0.2) is 13.2 Å². The maximum atomic E-state index is 15.1. The van der Waals surface area contributed by atoms with Gasteiger partial charge in [0.25, 0.3) is 0 Å². The highest BCUT2D eigenvalue weighted by atomic mass is 19.4. The summed E-state index contributed by atoms with van der Waals surface area (Å²) in [5.74, 6) is -2.83. The molecule has 0 spiro atoms. The van der Waals surface area contributed by atoms with E-state index in [-0.39, 0.29) is 24.3 Å². The van der Waals surface area contributed by atoms with Crippen LogP contribution < -0.4 is 4.74 Å². The van der Waals surface area contributed by atoms with Crippen molar-refractivity contribution in [2.75, 3.05) is 0 Å². The van der Waals surface area contributed by atoms with E-state index in [1.807, 2.05) is 0 Å². The maximum Gasteiger partial charge on any atom is 0.573 e. The average Bonchev–Trinajstić information content (AvgIpc) is 2.77. The molecule has 2 aromatic carbocycles. The van der Waals surface area contributed by atoms with Crippen LogP contribution in [-0.2, 0) is 12.8 Å². The summed E-state index contributed by atoms with van der Waals surface area (Å²) < 4.78 is 85.7. The van der Waals surface area contributed by atoms with Gasteiger partial charge >= 0.3 is 6.36 Å². The van der Waals surface area contributed by atoms with Crippen molar-refractivity contribution in [3.8, 4) is 5.75 Å². The van der Waals surface area contributed by atoms with Crippen LogP contribution >= 0.6 is 0 Å². The van der Waals surface area contributed by atoms with Crippen LogP contribution in [0.4, 0.5) is 26.3 Å². The van der Waals surface area contributed by atoms with E-state index in [1.54, 1.807) is 0 Å². The molecule has 186 valence electrons. The second kappa shape index (κ2) is 10.2. The Morgan fingerprint density at radius 3 is 2.12 bits per heavy atom. The highest BCUT2D eigenvalue weighted by Gasteiger charge is 2.34. The van der Waals surface area contributed by atoms with Gasteiger partial charge in [-0.05, 0) is 104 Å². The Balaban J connectivity index is 1.48. The molecule has 0 bridgehead atoms. The molecule has 34 heavy (non-hydrogen) atoms. The normalized spacial score (nSPS) is 23.0. The van der Waals surface area contributed by atoms with Crippen LogP contribution in [0.25, 0.3) is 0 Å². The molecule has 7 heteroatoms. The van der Waals surface area contributed by atoms with Gasteiger partial charge in [0.05, 0.1) is 0 Å². The standard InChI is InChI=1S/C27H30F6O/c1-2-3-4-16-5-7-17(8-6-16)21-13-23(29)26(24(30)14-21)19-10-9-18-15-25(34-27(31,32)33)22(28)12-20(18)11-19/h12-17,19H,2-11H2,1H3. The minimum atomic E-state index is -4.99. The second-order valence-electron chi connectivity index (χ2n) is 9.80. The Bertz CT molecular complexity index is 984. The summed E-state index contributed by atoms with van der Waals surface area (Å²) in [6, 6.07) is 4.93. The number of halogens is 6. The van der Waals surface area contributed by atoms with Crippen LogP contribution in [0.3, 0.4) is 0 Å². The summed E-state index contributed by atoms with van der Waals surface area (Å²) in [5, 5.41) is 0. The van der Waals surface area contributed by atoms with Gasteiger partial charge in [-0.15, -0.1) is 13.2 Å². The number of benzene rings is 2. The van der Waals surface area contributed by atoms with Crippen molar-refractivity contribution in [2.45, 2.75) is 89.3 Å². The average molecular weight is 485 g/mol. The lowest BCUT2D eigenvalue weighted by Gasteiger charge is -2.30. The molecule has 2 aromatic rings. The first-order valence-electron chi connectivity index (χ1n) is 12.2. The number of hydrogen-bond acceptors (Lipinski definition) is 1. The lowest BCUT2D eigenvalue weighted by atomic mass is 9.76. The summed E-state index contributed by atoms with van der Waals surface area (Å²) in [4.78, 5) is 0. The van der Waals surface area contributed by atoms with Crippen LogP contribution in [-0.4, -0.2) is 6.36 Å². The zero-order chi connectivity index (χ0) is 24.5. The molecule has 1 saturated carbocycles. The number of hydrogen-bond donors (Lipinski definition) is 0. The molecule has 2 aliphatic rings. The van der Waals surface area contributed by atoms with Gasteiger partial charge in [-0.2, -0.15) is 0 Å². The van der Waals surface area contributed by atoms with E-state index in [9.17, 15) is 17.6 Å². The van der Waals surface area contributed by atoms with Gasteiger partial charge in [0, 0.05) is 5.56 Å². The molecule has 0 radical (unpaired) electrons. The van der Waals surface area contributed by atoms with Crippen LogP contribution in [0.1, 0.15) is 92.4 Å². The van der Waals surface area contributed by atoms with Crippen LogP contribution in [0.15, 0.2) is 24.3 Å². The summed E-state index contributed by atoms with van der Waals surface area (Å²) in [5.41, 5.74) is 1.65. The fourth-order valence-electron chi connectivity index (χ4n) is 5.71. The van der Waals surface area contributed by atoms with Crippen molar-refractivity contribution in [2.24, 2.45) is 5.92 Å². The predicted octanol–water partition coefficient (Wildman–Crippen LogP) is 8.74. The molecule has 0 N–H and O–H groups in total. The van der Waals surface area contributed by atoms with Gasteiger partial charge in [-0.3, -0.25) is 0 Å². The zero-order valence-corrected chi connectivity index (χ0v) is 19.3. The first-order valence-corrected chi connectivity index (χ1v) is 12.2. The van der Waals surface area contributed by atoms with Crippen molar-refractivity contribution in [1.29, 1.82) is 0 Å². The van der Waals surface area contributed by atoms with Gasteiger partial charge in [-0.1, -0.05) is 26.2 Å². The fourth-order valence-corrected chi connectivity index (χ4v) is 5.71. The Kier molecular flexibility index (Phi) is 7.48. The number of unbranched alkanes of at least 4 members (excludes halogenated alkanes) is 1. The summed E-state index contributed by atoms with van der Waals surface area (Å²) in [7, 11) is 0. The van der Waals surface area contributed by atoms with Crippen molar-refractivity contribution < 1.29 is 31.1 Å². The SMILES string of the molecule is CCCCC1CCC(c2cc(F)c(C3CCc4cc(OC(F)(F)F)c(F)cc4C3)c(F)c2)CC1. The van der Waals surface area contributed by atoms with E-state index in [0.717, 1.165) is 37.8 Å². The molecule has 0 saturated heterocycles. The van der Waals surface area contributed by atoms with E-state index in [0.29, 0.717) is 29.0 Å². The molecule has 1 atom stereocenters. The quantitative estimate of drug-likeness (QED) is 0.373. The molecule has 0 heterocycles. The Hall–Kier alpha value is -2.18. The number of ether oxygens (including phenoxy) is 1. The van der Waals surface area contributed by atoms with Crippen molar-refractivity contribution >= 4 is 0 Å². The molecule has 2 aliphatic carbocycles. The molecule has 1 nitrogen and oxygen atoms in total. The van der Waals surface area contributed by atoms with E-state index in [2.05, 4.69) is 11.7 Å². The van der Waals surface area contributed by atoms with Gasteiger partial charge in [0.15, 0.2) is 11.6 Å². The minimum absolute atomic E-state index is 0.0120. The third-order valence-electron chi connectivity index (χ3n) is 7.50. The van der Waals surface area contributed by atoms with Crippen LogP contribution in [0, 0.1) is 23.4 Å². The van der Waals surface area contributed by atoms with Crippen LogP contribution in [0.2, 0.25) is 0 Å². The third-order valence-corrected chi connectivity index (χ3v) is 7.50. The summed E-state index contributed by atoms with van der Waals surface area (Å²) in [6.07, 6.45) is 3.48. The number of alkyl halides is 3. The summed E-state index contributed by atoms with van der Waals surface area (Å²) >= 11 is 0. The van der Waals surface area contributed by atoms with Gasteiger partial charge in [0.1, 0.15) is 11.6 Å². The van der Waals surface area contributed by atoms with Gasteiger partial charge in [0.2, 0.25) is 0 Å². The highest BCUT2D eigenvalue weighted by molar-refractivity contribution is 5.41. The minimum Gasteiger partial charge on any atom is -0.403 e. The molecule has 1 fully saturated rings. The van der Waals surface area contributed by atoms with Gasteiger partial charge < -0.3 is 4.74 Å². The predicted molar refractivity (Wildman–Crippen MR) is 118 cm³/mol. The largest absolute Gasteiger partial charge is 0.573 e. The lowest BCUT2D eigenvalue weighted by molar-refractivity contribution is -0.275. The fraction of sp³-hybridized carbons (Fsp3) is 0.556. The number of fused-ring (bicyclic) bond motifs is 1. The van der Waals surface area contributed by atoms with Crippen molar-refractivity contribution in [3.05, 3.63) is 64.0 Å². The second-order valence-corrected chi connectivity index (χ2v) is 9.80. The van der Waals surface area contributed by atoms with E-state index < -0.39 is 35.5 Å². The number of rotatable bonds is 6. The van der Waals surface area contributed by atoms with Crippen molar-refractivity contribution in [1.82, 2.24) is 0 Å². The molecule has 4 rings (SSSR count). The molecular formula is C27H30F6O. The molecule has 0 amide bonds. The molecular weight excluding hydrogens is 454 g/mol. The first-order chi connectivity index (χ1) is 16.1. The smallest absolute Gasteiger partial charge is 0.403 e. The van der Waals surface area contributed by atoms with Crippen molar-refractivity contribution in [3.63, 3.8) is 0 Å². The van der Waals surface area contributed by atoms with Crippen LogP contribution in [0.5, 0.6) is 5.75 Å². The van der Waals surface area contributed by atoms with E-state index in [4.69, 9.17) is 0 Å². The Morgan fingerprint density at radius 1 is 0.824 bits per heavy atom. The number of aryl methyl sites for hydroxylation is 1. The third kappa shape index (κ3) is 5.72. The highest BCUT2D eigenvalue weighted by Crippen LogP contribution is 2.42. The zero-order valence-electron chi connectivity index (χ0n) is 19.3. The Labute approximate surface area is 196 Å². The summed E-state index contributed by atoms with van der Waals surface area (Å²) in [6.45, 7) is 2.18. The molecule has 1 unspecified atom stereocenters. The molecule has 0 aliphatic heterocycles. The lowest BCUT2D eigenvalue weighted by Crippen LogP contribution is -2.20. The maximum absolute atomic E-state index is 15.1. The van der Waals surface area contributed by atoms with E-state index >= 15 is 8.78 Å². The molecule has 0 aromatic heterocycles. The topological polar surface area (TPSA) is 9.23 Å². The Morgan fingerprint density at radius 2 is 1.50 bits per heavy atom. The monoisotopic (exact) mass is 484 g/mol.